The summed E-state index contributed by atoms with van der Waals surface area (Å²) >= 11 is 0. The average molecular weight is 355 g/mol. The third kappa shape index (κ3) is 2.89. The first-order valence-electron chi connectivity index (χ1n) is 7.63. The van der Waals surface area contributed by atoms with E-state index in [1.165, 1.54) is 17.0 Å². The highest BCUT2D eigenvalue weighted by atomic mass is 32.2. The van der Waals surface area contributed by atoms with Crippen LogP contribution in [0.25, 0.3) is 0 Å². The number of carbonyl (C=O) groups is 2. The van der Waals surface area contributed by atoms with Crippen LogP contribution < -0.4 is 15.4 Å². The lowest BCUT2D eigenvalue weighted by atomic mass is 9.65. The molecule has 1 aliphatic carbocycles. The molecule has 1 fully saturated rings. The molecule has 0 saturated heterocycles. The molecule has 2 aliphatic rings. The standard InChI is InChI=1S/C15H18FN3O4S/c16-10-3-1-4-11-12(10)15(5-2-6-15)9-19(11)14(21)13(20)18-7-8-24(17,22)23/h1,3-4H,2,5-9H2,(H,18,20)(H2,17,22,23). The van der Waals surface area contributed by atoms with Crippen molar-refractivity contribution in [3.63, 3.8) is 0 Å². The summed E-state index contributed by atoms with van der Waals surface area (Å²) in [5.41, 5.74) is 0.514. The monoisotopic (exact) mass is 355 g/mol. The molecule has 130 valence electrons. The van der Waals surface area contributed by atoms with Crippen molar-refractivity contribution >= 4 is 27.5 Å². The fourth-order valence-electron chi connectivity index (χ4n) is 3.43. The Morgan fingerprint density at radius 3 is 2.62 bits per heavy atom. The summed E-state index contributed by atoms with van der Waals surface area (Å²) in [7, 11) is -3.72. The Morgan fingerprint density at radius 2 is 2.04 bits per heavy atom. The van der Waals surface area contributed by atoms with Gasteiger partial charge in [0.05, 0.1) is 11.4 Å². The van der Waals surface area contributed by atoms with Crippen LogP contribution in [0.3, 0.4) is 0 Å². The molecule has 9 heteroatoms. The minimum atomic E-state index is -3.72. The summed E-state index contributed by atoms with van der Waals surface area (Å²) in [6.07, 6.45) is 2.51. The van der Waals surface area contributed by atoms with E-state index >= 15 is 0 Å². The molecule has 0 radical (unpaired) electrons. The number of sulfonamides is 1. The SMILES string of the molecule is NS(=O)(=O)CCNC(=O)C(=O)N1CC2(CCC2)c2c(F)cccc21. The van der Waals surface area contributed by atoms with Crippen molar-refractivity contribution in [3.8, 4) is 0 Å². The fourth-order valence-corrected chi connectivity index (χ4v) is 3.81. The van der Waals surface area contributed by atoms with Gasteiger partial charge in [0.15, 0.2) is 0 Å². The number of nitrogens with two attached hydrogens (primary N) is 1. The number of anilines is 1. The highest BCUT2D eigenvalue weighted by Crippen LogP contribution is 2.53. The normalized spacial score (nSPS) is 18.2. The number of hydrogen-bond acceptors (Lipinski definition) is 4. The molecule has 1 heterocycles. The van der Waals surface area contributed by atoms with Crippen molar-refractivity contribution in [2.45, 2.75) is 24.7 Å². The molecule has 7 nitrogen and oxygen atoms in total. The van der Waals surface area contributed by atoms with Crippen molar-refractivity contribution in [1.82, 2.24) is 5.32 Å². The van der Waals surface area contributed by atoms with E-state index in [4.69, 9.17) is 5.14 Å². The molecule has 0 unspecified atom stereocenters. The molecule has 0 bridgehead atoms. The van der Waals surface area contributed by atoms with Crippen molar-refractivity contribution in [2.24, 2.45) is 5.14 Å². The molecule has 1 spiro atoms. The summed E-state index contributed by atoms with van der Waals surface area (Å²) in [5.74, 6) is -2.57. The van der Waals surface area contributed by atoms with Gasteiger partial charge in [0.1, 0.15) is 5.82 Å². The molecule has 1 saturated carbocycles. The second kappa shape index (κ2) is 5.82. The van der Waals surface area contributed by atoms with E-state index < -0.39 is 33.0 Å². The Kier molecular flexibility index (Phi) is 4.08. The number of hydrogen-bond donors (Lipinski definition) is 2. The second-order valence-corrected chi connectivity index (χ2v) is 8.02. The first-order chi connectivity index (χ1) is 11.2. The Labute approximate surface area is 139 Å². The summed E-state index contributed by atoms with van der Waals surface area (Å²) in [4.78, 5) is 25.7. The summed E-state index contributed by atoms with van der Waals surface area (Å²) in [6.45, 7) is 0.0170. The average Bonchev–Trinajstić information content (AvgIpc) is 2.82. The Morgan fingerprint density at radius 1 is 1.33 bits per heavy atom. The maximum atomic E-state index is 14.3. The van der Waals surface area contributed by atoms with E-state index in [1.54, 1.807) is 6.07 Å². The number of nitrogens with one attached hydrogen (secondary N) is 1. The summed E-state index contributed by atoms with van der Waals surface area (Å²) in [6, 6.07) is 4.49. The molecular formula is C15H18FN3O4S. The zero-order chi connectivity index (χ0) is 17.5. The molecular weight excluding hydrogens is 337 g/mol. The van der Waals surface area contributed by atoms with Gasteiger partial charge < -0.3 is 10.2 Å². The molecule has 24 heavy (non-hydrogen) atoms. The lowest BCUT2D eigenvalue weighted by Crippen LogP contribution is -2.47. The minimum Gasteiger partial charge on any atom is -0.347 e. The fraction of sp³-hybridized carbons (Fsp3) is 0.467. The van der Waals surface area contributed by atoms with Crippen LogP contribution in [-0.4, -0.2) is 39.1 Å². The lowest BCUT2D eigenvalue weighted by Gasteiger charge is -2.38. The third-order valence-electron chi connectivity index (χ3n) is 4.70. The van der Waals surface area contributed by atoms with Gasteiger partial charge in [0.2, 0.25) is 10.0 Å². The van der Waals surface area contributed by atoms with Crippen molar-refractivity contribution in [3.05, 3.63) is 29.6 Å². The molecule has 1 aromatic rings. The van der Waals surface area contributed by atoms with Crippen LogP contribution in [0.1, 0.15) is 24.8 Å². The Balaban J connectivity index is 1.77. The smallest absolute Gasteiger partial charge is 0.316 e. The number of nitrogens with zero attached hydrogens (tertiary/aromatic N) is 1. The van der Waals surface area contributed by atoms with E-state index in [1.807, 2.05) is 0 Å². The van der Waals surface area contributed by atoms with Crippen LogP contribution in [0, 0.1) is 5.82 Å². The predicted octanol–water partition coefficient (Wildman–Crippen LogP) is -0.00130. The number of primary sulfonamides is 1. The van der Waals surface area contributed by atoms with Gasteiger partial charge in [-0.15, -0.1) is 0 Å². The zero-order valence-electron chi connectivity index (χ0n) is 12.9. The maximum absolute atomic E-state index is 14.3. The van der Waals surface area contributed by atoms with Crippen LogP contribution in [0.4, 0.5) is 10.1 Å². The number of fused-ring (bicyclic) bond motifs is 2. The molecule has 1 aromatic carbocycles. The van der Waals surface area contributed by atoms with Gasteiger partial charge in [-0.2, -0.15) is 0 Å². The largest absolute Gasteiger partial charge is 0.347 e. The first kappa shape index (κ1) is 16.8. The van der Waals surface area contributed by atoms with Gasteiger partial charge in [-0.3, -0.25) is 9.59 Å². The maximum Gasteiger partial charge on any atom is 0.316 e. The van der Waals surface area contributed by atoms with Gasteiger partial charge in [-0.1, -0.05) is 12.5 Å². The van der Waals surface area contributed by atoms with Gasteiger partial charge in [-0.25, -0.2) is 17.9 Å². The van der Waals surface area contributed by atoms with Crippen LogP contribution in [0.2, 0.25) is 0 Å². The van der Waals surface area contributed by atoms with E-state index in [0.717, 1.165) is 19.3 Å². The van der Waals surface area contributed by atoms with Gasteiger partial charge in [-0.05, 0) is 25.0 Å². The predicted molar refractivity (Wildman–Crippen MR) is 85.3 cm³/mol. The summed E-state index contributed by atoms with van der Waals surface area (Å²) < 4.78 is 36.0. The van der Waals surface area contributed by atoms with Crippen molar-refractivity contribution in [1.29, 1.82) is 0 Å². The van der Waals surface area contributed by atoms with E-state index in [-0.39, 0.29) is 18.9 Å². The van der Waals surface area contributed by atoms with Crippen LogP contribution in [0.5, 0.6) is 0 Å². The quantitative estimate of drug-likeness (QED) is 0.744. The number of halogens is 1. The highest BCUT2D eigenvalue weighted by Gasteiger charge is 2.50. The first-order valence-corrected chi connectivity index (χ1v) is 9.34. The van der Waals surface area contributed by atoms with Crippen LogP contribution >= 0.6 is 0 Å². The molecule has 3 N–H and O–H groups in total. The number of rotatable bonds is 3. The van der Waals surface area contributed by atoms with Gasteiger partial charge >= 0.3 is 11.8 Å². The van der Waals surface area contributed by atoms with Crippen molar-refractivity contribution < 1.29 is 22.4 Å². The van der Waals surface area contributed by atoms with Gasteiger partial charge in [0.25, 0.3) is 0 Å². The molecule has 3 rings (SSSR count). The lowest BCUT2D eigenvalue weighted by molar-refractivity contribution is -0.137. The Bertz CT molecular complexity index is 805. The number of benzene rings is 1. The molecule has 0 aromatic heterocycles. The van der Waals surface area contributed by atoms with E-state index in [0.29, 0.717) is 11.3 Å². The van der Waals surface area contributed by atoms with E-state index in [9.17, 15) is 22.4 Å². The van der Waals surface area contributed by atoms with Gasteiger partial charge in [0, 0.05) is 24.1 Å². The minimum absolute atomic E-state index is 0.252. The number of carbonyl (C=O) groups excluding carboxylic acids is 2. The number of amides is 2. The van der Waals surface area contributed by atoms with E-state index in [2.05, 4.69) is 5.32 Å². The second-order valence-electron chi connectivity index (χ2n) is 6.28. The highest BCUT2D eigenvalue weighted by molar-refractivity contribution is 7.89. The molecule has 1 aliphatic heterocycles. The Hall–Kier alpha value is -2.00. The summed E-state index contributed by atoms with van der Waals surface area (Å²) in [5, 5.41) is 7.09. The van der Waals surface area contributed by atoms with Crippen molar-refractivity contribution in [2.75, 3.05) is 23.7 Å². The van der Waals surface area contributed by atoms with Crippen LogP contribution in [0.15, 0.2) is 18.2 Å². The zero-order valence-corrected chi connectivity index (χ0v) is 13.7. The molecule has 2 amide bonds. The van der Waals surface area contributed by atoms with Crippen LogP contribution in [-0.2, 0) is 25.0 Å². The molecule has 0 atom stereocenters. The third-order valence-corrected chi connectivity index (χ3v) is 5.47. The topological polar surface area (TPSA) is 110 Å².